The number of hydrogen-bond acceptors (Lipinski definition) is 3. The topological polar surface area (TPSA) is 37.1 Å². The van der Waals surface area contributed by atoms with Crippen molar-refractivity contribution in [2.45, 2.75) is 19.5 Å². The van der Waals surface area contributed by atoms with E-state index in [4.69, 9.17) is 56.2 Å². The highest BCUT2D eigenvalue weighted by Crippen LogP contribution is 2.87. The summed E-state index contributed by atoms with van der Waals surface area (Å²) in [5.74, 6) is -5.66. The Morgan fingerprint density at radius 1 is 0.786 bits per heavy atom. The highest BCUT2D eigenvalue weighted by molar-refractivity contribution is 8.22. The molecule has 3 nitrogen and oxygen atoms in total. The summed E-state index contributed by atoms with van der Waals surface area (Å²) in [6.45, 7) is 1.27. The molecule has 1 aliphatic heterocycles. The van der Waals surface area contributed by atoms with Gasteiger partial charge in [-0.05, 0) is 45.0 Å². The Hall–Kier alpha value is 2.14. The fourth-order valence-electron chi connectivity index (χ4n) is 0.692. The third-order valence-electron chi connectivity index (χ3n) is 1.34. The fourth-order valence-corrected chi connectivity index (χ4v) is 18.7. The molecule has 0 saturated heterocycles. The first-order valence-electron chi connectivity index (χ1n) is 3.46. The second kappa shape index (κ2) is 4.43. The number of rotatable bonds is 1. The third kappa shape index (κ3) is 3.57. The molecule has 0 amide bonds. The maximum absolute atomic E-state index is 6.21. The molecule has 0 aromatic heterocycles. The zero-order valence-corrected chi connectivity index (χ0v) is 13.6. The van der Waals surface area contributed by atoms with Gasteiger partial charge in [0.25, 0.3) is 11.8 Å². The first-order chi connectivity index (χ1) is 6.06. The minimum absolute atomic E-state index is 0.00779. The summed E-state index contributed by atoms with van der Waals surface area (Å²) in [4.78, 5) is 0. The van der Waals surface area contributed by atoms with Crippen molar-refractivity contribution in [1.29, 1.82) is 0 Å². The molecule has 0 fully saturated rings. The highest BCUT2D eigenvalue weighted by atomic mass is 35.9. The van der Waals surface area contributed by atoms with Crippen molar-refractivity contribution < 1.29 is 0 Å². The van der Waals surface area contributed by atoms with E-state index in [0.717, 1.165) is 0 Å². The predicted octanol–water partition coefficient (Wildman–Crippen LogP) is 7.53. The van der Waals surface area contributed by atoms with Gasteiger partial charge in [-0.25, -0.2) is 0 Å². The van der Waals surface area contributed by atoms with E-state index in [9.17, 15) is 0 Å². The van der Waals surface area contributed by atoms with Crippen LogP contribution < -0.4 is 0 Å². The second-order valence-electron chi connectivity index (χ2n) is 2.84. The van der Waals surface area contributed by atoms with Gasteiger partial charge in [0.05, 0.1) is 0 Å². The number of hydrogen-bond donors (Lipinski definition) is 0. The monoisotopic (exact) mass is 353 g/mol. The molecule has 0 aromatic rings. The van der Waals surface area contributed by atoms with Crippen LogP contribution in [0, 0.1) is 0 Å². The average molecular weight is 355 g/mol. The van der Waals surface area contributed by atoms with Crippen LogP contribution in [0.1, 0.15) is 13.8 Å². The molecule has 0 saturated carbocycles. The number of halogens is 5. The summed E-state index contributed by atoms with van der Waals surface area (Å²) in [5, 5.41) is 0. The molecule has 0 radical (unpaired) electrons. The van der Waals surface area contributed by atoms with Gasteiger partial charge in [-0.2, -0.15) is 13.5 Å². The van der Waals surface area contributed by atoms with Crippen molar-refractivity contribution in [3.05, 3.63) is 0 Å². The van der Waals surface area contributed by atoms with E-state index in [2.05, 4.69) is 13.5 Å². The molecular weight excluding hydrogens is 348 g/mol. The lowest BCUT2D eigenvalue weighted by Gasteiger charge is -2.24. The minimum Gasteiger partial charge on any atom is -0.198 e. The Morgan fingerprint density at radius 3 is 1.57 bits per heavy atom. The maximum atomic E-state index is 6.21. The van der Waals surface area contributed by atoms with Crippen molar-refractivity contribution in [2.75, 3.05) is 0 Å². The smallest absolute Gasteiger partial charge is 0.198 e. The first kappa shape index (κ1) is 14.2. The van der Waals surface area contributed by atoms with Gasteiger partial charge in [-0.15, -0.1) is 0 Å². The van der Waals surface area contributed by atoms with Gasteiger partial charge >= 0.3 is 0 Å². The predicted molar refractivity (Wildman–Crippen MR) is 72.4 cm³/mol. The number of nitrogens with zero attached hydrogens (tertiary/aromatic N) is 3. The molecule has 0 spiro atoms. The molecule has 1 unspecified atom stereocenters. The van der Waals surface area contributed by atoms with Gasteiger partial charge in [-0.3, -0.25) is 0 Å². The largest absolute Gasteiger partial charge is 0.256 e. The van der Waals surface area contributed by atoms with Crippen LogP contribution in [0.4, 0.5) is 0 Å². The quantitative estimate of drug-likeness (QED) is 0.436. The lowest BCUT2D eigenvalue weighted by atomic mass is 10.6. The Morgan fingerprint density at radius 2 is 1.21 bits per heavy atom. The molecule has 84 valence electrons. The molecule has 1 rings (SSSR count). The van der Waals surface area contributed by atoms with E-state index in [1.54, 1.807) is 0 Å². The zero-order chi connectivity index (χ0) is 11.2. The summed E-state index contributed by atoms with van der Waals surface area (Å²) >= 11 is 29.7. The summed E-state index contributed by atoms with van der Waals surface area (Å²) in [5.41, 5.74) is 0.00779. The maximum Gasteiger partial charge on any atom is 0.256 e. The van der Waals surface area contributed by atoms with Crippen LogP contribution in [-0.2, 0) is 0 Å². The van der Waals surface area contributed by atoms with Gasteiger partial charge in [0.2, 0.25) is 0 Å². The molecule has 14 heavy (non-hydrogen) atoms. The molecule has 1 aliphatic rings. The van der Waals surface area contributed by atoms with E-state index < -0.39 is 18.4 Å². The van der Waals surface area contributed by atoms with Gasteiger partial charge in [0, 0.05) is 5.66 Å². The molecule has 0 aliphatic carbocycles. The van der Waals surface area contributed by atoms with Crippen LogP contribution in [-0.4, -0.2) is 5.66 Å². The third-order valence-corrected chi connectivity index (χ3v) is 15.4. The molecule has 0 bridgehead atoms. The second-order valence-corrected chi connectivity index (χ2v) is 17.2. The fraction of sp³-hybridized carbons (Fsp3) is 1.00. The lowest BCUT2D eigenvalue weighted by Crippen LogP contribution is -1.90. The summed E-state index contributed by atoms with van der Waals surface area (Å²) < 4.78 is 12.0. The van der Waals surface area contributed by atoms with Crippen molar-refractivity contribution >= 4 is 74.6 Å². The molecule has 1 heterocycles. The summed E-state index contributed by atoms with van der Waals surface area (Å²) in [6.07, 6.45) is 0. The normalized spacial score (nSPS) is 34.3. The van der Waals surface area contributed by atoms with Crippen LogP contribution in [0.15, 0.2) is 13.5 Å². The summed E-state index contributed by atoms with van der Waals surface area (Å²) in [6, 6.07) is 0. The highest BCUT2D eigenvalue weighted by Gasteiger charge is 2.33. The van der Waals surface area contributed by atoms with E-state index >= 15 is 0 Å². The van der Waals surface area contributed by atoms with Gasteiger partial charge in [0.15, 0.2) is 6.56 Å². The van der Waals surface area contributed by atoms with Gasteiger partial charge in [0.1, 0.15) is 0 Å². The average Bonchev–Trinajstić information content (AvgIpc) is 1.76. The van der Waals surface area contributed by atoms with Crippen molar-refractivity contribution in [3.63, 3.8) is 0 Å². The van der Waals surface area contributed by atoms with E-state index in [1.807, 2.05) is 13.8 Å². The van der Waals surface area contributed by atoms with Crippen LogP contribution in [0.5, 0.6) is 0 Å². The van der Waals surface area contributed by atoms with Crippen LogP contribution in [0.3, 0.4) is 0 Å². The van der Waals surface area contributed by atoms with Crippen LogP contribution in [0.25, 0.3) is 0 Å². The lowest BCUT2D eigenvalue weighted by molar-refractivity contribution is 1.09. The van der Waals surface area contributed by atoms with Gasteiger partial charge < -0.3 is 0 Å². The summed E-state index contributed by atoms with van der Waals surface area (Å²) in [7, 11) is 0. The van der Waals surface area contributed by atoms with E-state index in [1.165, 1.54) is 0 Å². The molecular formula is C3H7Cl5N3P3. The van der Waals surface area contributed by atoms with Crippen LogP contribution >= 0.6 is 74.6 Å². The Bertz CT molecular complexity index is 394. The molecule has 0 N–H and O–H groups in total. The SMILES string of the molecule is CC(C)P1(Cl)=NP(Cl)(Cl)=NP(Cl)(Cl)=N1. The standard InChI is InChI=1S/C3H7Cl5N3P3/c1-3(2)12(4)9-13(5,6)11-14(7,8)10-12/h3H,1-2H3. The molecule has 0 aromatic carbocycles. The molecule has 1 atom stereocenters. The first-order valence-corrected chi connectivity index (χ1v) is 13.1. The zero-order valence-electron chi connectivity index (χ0n) is 7.15. The van der Waals surface area contributed by atoms with Crippen molar-refractivity contribution in [1.82, 2.24) is 0 Å². The molecule has 11 heteroatoms. The van der Waals surface area contributed by atoms with Crippen LogP contribution in [0.2, 0.25) is 0 Å². The van der Waals surface area contributed by atoms with E-state index in [0.29, 0.717) is 0 Å². The Kier molecular flexibility index (Phi) is 4.49. The Balaban J connectivity index is 3.49. The van der Waals surface area contributed by atoms with Crippen molar-refractivity contribution in [2.24, 2.45) is 13.5 Å². The van der Waals surface area contributed by atoms with E-state index in [-0.39, 0.29) is 5.66 Å². The van der Waals surface area contributed by atoms with Gasteiger partial charge in [-0.1, -0.05) is 25.1 Å². The Labute approximate surface area is 107 Å². The minimum atomic E-state index is -2.83. The van der Waals surface area contributed by atoms with Crippen molar-refractivity contribution in [3.8, 4) is 0 Å².